The minimum absolute atomic E-state index is 0.109. The van der Waals surface area contributed by atoms with Crippen LogP contribution in [-0.2, 0) is 4.79 Å². The standard InChI is InChI=1S/C9H11F4NO/c10-6-1-4-14(5-6)7(15)8(2-3-8)9(11,12)13/h6H,1-5H2/t6-/m0/s1. The van der Waals surface area contributed by atoms with E-state index in [1.165, 1.54) is 0 Å². The predicted octanol–water partition coefficient (Wildman–Crippen LogP) is 1.90. The van der Waals surface area contributed by atoms with E-state index in [1.807, 2.05) is 0 Å². The predicted molar refractivity (Wildman–Crippen MR) is 43.8 cm³/mol. The Kier molecular flexibility index (Phi) is 2.20. The topological polar surface area (TPSA) is 20.3 Å². The van der Waals surface area contributed by atoms with Crippen LogP contribution in [0.3, 0.4) is 0 Å². The highest BCUT2D eigenvalue weighted by atomic mass is 19.4. The molecule has 1 atom stereocenters. The second-order valence-electron chi connectivity index (χ2n) is 4.22. The maximum atomic E-state index is 12.8. The zero-order valence-corrected chi connectivity index (χ0v) is 7.98. The largest absolute Gasteiger partial charge is 0.403 e. The smallest absolute Gasteiger partial charge is 0.339 e. The summed E-state index contributed by atoms with van der Waals surface area (Å²) in [4.78, 5) is 12.6. The Morgan fingerprint density at radius 1 is 1.33 bits per heavy atom. The number of alkyl halides is 4. The molecule has 0 unspecified atom stereocenters. The first-order chi connectivity index (χ1) is 6.87. The van der Waals surface area contributed by atoms with Crippen molar-refractivity contribution in [2.45, 2.75) is 31.6 Å². The van der Waals surface area contributed by atoms with E-state index in [1.54, 1.807) is 0 Å². The molecule has 0 radical (unpaired) electrons. The highest BCUT2D eigenvalue weighted by Gasteiger charge is 2.69. The molecule has 1 aliphatic carbocycles. The third-order valence-electron chi connectivity index (χ3n) is 3.12. The third-order valence-corrected chi connectivity index (χ3v) is 3.12. The lowest BCUT2D eigenvalue weighted by molar-refractivity contribution is -0.198. The molecular weight excluding hydrogens is 214 g/mol. The van der Waals surface area contributed by atoms with E-state index < -0.39 is 23.7 Å². The summed E-state index contributed by atoms with van der Waals surface area (Å²) in [6, 6.07) is 0. The lowest BCUT2D eigenvalue weighted by atomic mass is 10.1. The van der Waals surface area contributed by atoms with Gasteiger partial charge in [-0.2, -0.15) is 13.2 Å². The molecule has 1 heterocycles. The first-order valence-corrected chi connectivity index (χ1v) is 4.87. The van der Waals surface area contributed by atoms with Crippen molar-refractivity contribution in [1.29, 1.82) is 0 Å². The van der Waals surface area contributed by atoms with Crippen LogP contribution >= 0.6 is 0 Å². The van der Waals surface area contributed by atoms with E-state index in [0.717, 1.165) is 4.90 Å². The number of nitrogens with zero attached hydrogens (tertiary/aromatic N) is 1. The lowest BCUT2D eigenvalue weighted by Gasteiger charge is -2.24. The van der Waals surface area contributed by atoms with Gasteiger partial charge in [0.25, 0.3) is 0 Å². The van der Waals surface area contributed by atoms with Gasteiger partial charge >= 0.3 is 6.18 Å². The average molecular weight is 225 g/mol. The van der Waals surface area contributed by atoms with Gasteiger partial charge in [0.15, 0.2) is 0 Å². The van der Waals surface area contributed by atoms with Crippen LogP contribution in [0.2, 0.25) is 0 Å². The molecule has 1 saturated carbocycles. The second kappa shape index (κ2) is 3.09. The van der Waals surface area contributed by atoms with Crippen molar-refractivity contribution in [3.63, 3.8) is 0 Å². The Labute approximate surface area is 84.2 Å². The molecule has 1 amide bonds. The van der Waals surface area contributed by atoms with Gasteiger partial charge in [-0.15, -0.1) is 0 Å². The molecule has 86 valence electrons. The van der Waals surface area contributed by atoms with E-state index in [4.69, 9.17) is 0 Å². The maximum Gasteiger partial charge on any atom is 0.403 e. The highest BCUT2D eigenvalue weighted by molar-refractivity contribution is 5.86. The molecule has 2 fully saturated rings. The number of hydrogen-bond acceptors (Lipinski definition) is 1. The van der Waals surface area contributed by atoms with Crippen molar-refractivity contribution >= 4 is 5.91 Å². The van der Waals surface area contributed by atoms with E-state index in [2.05, 4.69) is 0 Å². The normalized spacial score (nSPS) is 29.3. The molecule has 0 spiro atoms. The summed E-state index contributed by atoms with van der Waals surface area (Å²) < 4.78 is 50.4. The SMILES string of the molecule is O=C(N1CC[C@H](F)C1)C1(C(F)(F)F)CC1. The van der Waals surface area contributed by atoms with Gasteiger partial charge in [-0.3, -0.25) is 4.79 Å². The number of likely N-dealkylation sites (tertiary alicyclic amines) is 1. The van der Waals surface area contributed by atoms with Gasteiger partial charge in [0.05, 0.1) is 6.54 Å². The molecule has 0 aromatic rings. The highest BCUT2D eigenvalue weighted by Crippen LogP contribution is 2.58. The van der Waals surface area contributed by atoms with E-state index in [9.17, 15) is 22.4 Å². The Morgan fingerprint density at radius 2 is 1.93 bits per heavy atom. The van der Waals surface area contributed by atoms with Gasteiger partial charge < -0.3 is 4.90 Å². The van der Waals surface area contributed by atoms with Crippen molar-refractivity contribution in [2.24, 2.45) is 5.41 Å². The molecule has 0 aromatic carbocycles. The molecule has 2 aliphatic rings. The van der Waals surface area contributed by atoms with Crippen molar-refractivity contribution in [2.75, 3.05) is 13.1 Å². The van der Waals surface area contributed by atoms with Gasteiger partial charge in [0.2, 0.25) is 5.91 Å². The maximum absolute atomic E-state index is 12.8. The van der Waals surface area contributed by atoms with Crippen LogP contribution in [0.1, 0.15) is 19.3 Å². The van der Waals surface area contributed by atoms with Gasteiger partial charge in [-0.05, 0) is 19.3 Å². The number of carbonyl (C=O) groups is 1. The fourth-order valence-electron chi connectivity index (χ4n) is 1.95. The van der Waals surface area contributed by atoms with Gasteiger partial charge in [-0.1, -0.05) is 0 Å². The van der Waals surface area contributed by atoms with Crippen molar-refractivity contribution in [3.05, 3.63) is 0 Å². The van der Waals surface area contributed by atoms with Crippen LogP contribution in [0.4, 0.5) is 17.6 Å². The molecule has 15 heavy (non-hydrogen) atoms. The summed E-state index contributed by atoms with van der Waals surface area (Å²) in [5.74, 6) is -0.935. The van der Waals surface area contributed by atoms with E-state index >= 15 is 0 Å². The molecule has 2 rings (SSSR count). The van der Waals surface area contributed by atoms with Crippen LogP contribution in [0, 0.1) is 5.41 Å². The fourth-order valence-corrected chi connectivity index (χ4v) is 1.95. The summed E-state index contributed by atoms with van der Waals surface area (Å²) in [6.45, 7) is -0.0749. The zero-order chi connectivity index (χ0) is 11.3. The van der Waals surface area contributed by atoms with Crippen LogP contribution in [0.15, 0.2) is 0 Å². The van der Waals surface area contributed by atoms with E-state index in [0.29, 0.717) is 0 Å². The summed E-state index contributed by atoms with van der Waals surface area (Å²) in [6.07, 6.45) is -5.80. The molecule has 1 saturated heterocycles. The number of halogens is 4. The molecule has 0 aromatic heterocycles. The zero-order valence-electron chi connectivity index (χ0n) is 7.98. The molecule has 2 nitrogen and oxygen atoms in total. The molecule has 0 bridgehead atoms. The Morgan fingerprint density at radius 3 is 2.27 bits per heavy atom. The first-order valence-electron chi connectivity index (χ1n) is 4.87. The number of carbonyl (C=O) groups excluding carboxylic acids is 1. The Bertz CT molecular complexity index is 284. The monoisotopic (exact) mass is 225 g/mol. The molecule has 0 N–H and O–H groups in total. The van der Waals surface area contributed by atoms with Gasteiger partial charge in [0, 0.05) is 6.54 Å². The van der Waals surface area contributed by atoms with Gasteiger partial charge in [-0.25, -0.2) is 4.39 Å². The van der Waals surface area contributed by atoms with Crippen molar-refractivity contribution in [1.82, 2.24) is 4.90 Å². The van der Waals surface area contributed by atoms with Crippen molar-refractivity contribution < 1.29 is 22.4 Å². The van der Waals surface area contributed by atoms with Gasteiger partial charge in [0.1, 0.15) is 11.6 Å². The summed E-state index contributed by atoms with van der Waals surface area (Å²) in [7, 11) is 0. The fraction of sp³-hybridized carbons (Fsp3) is 0.889. The summed E-state index contributed by atoms with van der Waals surface area (Å²) in [5, 5.41) is 0. The first kappa shape index (κ1) is 10.7. The average Bonchev–Trinajstić information content (AvgIpc) is 2.83. The van der Waals surface area contributed by atoms with Crippen LogP contribution in [0.25, 0.3) is 0 Å². The number of amides is 1. The molecular formula is C9H11F4NO. The third kappa shape index (κ3) is 1.59. The Hall–Kier alpha value is -0.810. The van der Waals surface area contributed by atoms with Crippen LogP contribution in [-0.4, -0.2) is 36.2 Å². The summed E-state index contributed by atoms with van der Waals surface area (Å²) >= 11 is 0. The Balaban J connectivity index is 2.09. The minimum Gasteiger partial charge on any atom is -0.339 e. The van der Waals surface area contributed by atoms with Crippen molar-refractivity contribution in [3.8, 4) is 0 Å². The minimum atomic E-state index is -4.49. The quantitative estimate of drug-likeness (QED) is 0.624. The van der Waals surface area contributed by atoms with Crippen LogP contribution in [0.5, 0.6) is 0 Å². The van der Waals surface area contributed by atoms with E-state index in [-0.39, 0.29) is 32.4 Å². The van der Waals surface area contributed by atoms with Crippen LogP contribution < -0.4 is 0 Å². The molecule has 1 aliphatic heterocycles. The number of hydrogen-bond donors (Lipinski definition) is 0. The second-order valence-corrected chi connectivity index (χ2v) is 4.22. The summed E-state index contributed by atoms with van der Waals surface area (Å²) in [5.41, 5.74) is -2.18. The molecule has 6 heteroatoms. The lowest BCUT2D eigenvalue weighted by Crippen LogP contribution is -2.43. The number of rotatable bonds is 1.